The van der Waals surface area contributed by atoms with Gasteiger partial charge in [0, 0.05) is 17.8 Å². The van der Waals surface area contributed by atoms with E-state index in [1.165, 1.54) is 12.7 Å². The number of benzene rings is 1. The molecule has 0 spiro atoms. The van der Waals surface area contributed by atoms with Crippen molar-refractivity contribution in [3.63, 3.8) is 0 Å². The number of ether oxygens (including phenoxy) is 1. The van der Waals surface area contributed by atoms with Crippen LogP contribution in [0.5, 0.6) is 0 Å². The second-order valence-electron chi connectivity index (χ2n) is 4.92. The van der Waals surface area contributed by atoms with Gasteiger partial charge < -0.3 is 4.74 Å². The van der Waals surface area contributed by atoms with E-state index < -0.39 is 0 Å². The molecule has 3 aromatic rings. The lowest BCUT2D eigenvalue weighted by molar-refractivity contribution is 0.0600. The number of aromatic nitrogens is 3. The van der Waals surface area contributed by atoms with Crippen molar-refractivity contribution in [2.24, 2.45) is 0 Å². The average Bonchev–Trinajstić information content (AvgIpc) is 2.88. The van der Waals surface area contributed by atoms with Crippen molar-refractivity contribution in [2.45, 2.75) is 13.5 Å². The molecule has 1 aromatic carbocycles. The molecule has 0 aliphatic carbocycles. The summed E-state index contributed by atoms with van der Waals surface area (Å²) in [4.78, 5) is 15.8. The Balaban J connectivity index is 1.89. The first-order chi connectivity index (χ1) is 10.2. The van der Waals surface area contributed by atoms with Crippen molar-refractivity contribution >= 4 is 16.9 Å². The van der Waals surface area contributed by atoms with Crippen molar-refractivity contribution in [3.05, 3.63) is 59.5 Å². The highest BCUT2D eigenvalue weighted by molar-refractivity contribution is 5.89. The Morgan fingerprint density at radius 1 is 1.29 bits per heavy atom. The van der Waals surface area contributed by atoms with Gasteiger partial charge in [0.1, 0.15) is 0 Å². The molecule has 0 bridgehead atoms. The molecular weight excluding hydrogens is 266 g/mol. The largest absolute Gasteiger partial charge is 0.465 e. The number of carbonyl (C=O) groups excluding carboxylic acids is 1. The maximum atomic E-state index is 11.5. The highest BCUT2D eigenvalue weighted by Crippen LogP contribution is 2.15. The summed E-state index contributed by atoms with van der Waals surface area (Å²) in [5.41, 5.74) is 3.41. The Kier molecular flexibility index (Phi) is 3.39. The zero-order chi connectivity index (χ0) is 14.8. The second-order valence-corrected chi connectivity index (χ2v) is 4.92. The van der Waals surface area contributed by atoms with Gasteiger partial charge in [-0.2, -0.15) is 5.10 Å². The fourth-order valence-corrected chi connectivity index (χ4v) is 2.25. The van der Waals surface area contributed by atoms with Crippen LogP contribution in [-0.2, 0) is 11.3 Å². The number of nitrogens with zero attached hydrogens (tertiary/aromatic N) is 3. The van der Waals surface area contributed by atoms with Crippen molar-refractivity contribution in [3.8, 4) is 0 Å². The number of pyridine rings is 1. The molecular formula is C16H15N3O2. The van der Waals surface area contributed by atoms with Gasteiger partial charge in [0.25, 0.3) is 0 Å². The summed E-state index contributed by atoms with van der Waals surface area (Å²) < 4.78 is 6.54. The zero-order valence-corrected chi connectivity index (χ0v) is 11.9. The van der Waals surface area contributed by atoms with E-state index in [2.05, 4.69) is 23.1 Å². The van der Waals surface area contributed by atoms with Gasteiger partial charge in [0.05, 0.1) is 30.4 Å². The summed E-state index contributed by atoms with van der Waals surface area (Å²) in [6.45, 7) is 2.57. The summed E-state index contributed by atoms with van der Waals surface area (Å²) >= 11 is 0. The SMILES string of the molecule is COC(=O)c1ccnc(Cn2cc3cc(C)ccc3n2)c1. The van der Waals surface area contributed by atoms with Crippen molar-refractivity contribution in [1.29, 1.82) is 0 Å². The number of esters is 1. The zero-order valence-electron chi connectivity index (χ0n) is 11.9. The standard InChI is InChI=1S/C16H15N3O2/c1-11-3-4-15-13(7-11)9-19(18-15)10-14-8-12(5-6-17-14)16(20)21-2/h3-9H,10H2,1-2H3. The maximum absolute atomic E-state index is 11.5. The Bertz CT molecular complexity index is 808. The van der Waals surface area contributed by atoms with E-state index in [4.69, 9.17) is 4.74 Å². The van der Waals surface area contributed by atoms with Crippen LogP contribution in [0.1, 0.15) is 21.6 Å². The van der Waals surface area contributed by atoms with E-state index in [1.807, 2.05) is 23.0 Å². The molecule has 2 aromatic heterocycles. The molecule has 0 atom stereocenters. The lowest BCUT2D eigenvalue weighted by Gasteiger charge is -2.03. The van der Waals surface area contributed by atoms with E-state index in [9.17, 15) is 4.79 Å². The predicted molar refractivity (Wildman–Crippen MR) is 79.1 cm³/mol. The average molecular weight is 281 g/mol. The molecule has 0 saturated heterocycles. The number of rotatable bonds is 3. The van der Waals surface area contributed by atoms with Crippen LogP contribution in [-0.4, -0.2) is 27.8 Å². The highest BCUT2D eigenvalue weighted by Gasteiger charge is 2.08. The molecule has 5 heteroatoms. The molecule has 0 saturated carbocycles. The van der Waals surface area contributed by atoms with Gasteiger partial charge in [0.15, 0.2) is 0 Å². The first-order valence-electron chi connectivity index (χ1n) is 6.63. The Morgan fingerprint density at radius 3 is 2.95 bits per heavy atom. The van der Waals surface area contributed by atoms with Gasteiger partial charge in [-0.05, 0) is 31.2 Å². The van der Waals surface area contributed by atoms with Gasteiger partial charge in [-0.15, -0.1) is 0 Å². The fourth-order valence-electron chi connectivity index (χ4n) is 2.25. The number of aryl methyl sites for hydroxylation is 1. The van der Waals surface area contributed by atoms with E-state index >= 15 is 0 Å². The van der Waals surface area contributed by atoms with Crippen LogP contribution in [0.3, 0.4) is 0 Å². The lowest BCUT2D eigenvalue weighted by Crippen LogP contribution is -2.06. The number of hydrogen-bond donors (Lipinski definition) is 0. The third-order valence-electron chi connectivity index (χ3n) is 3.27. The Morgan fingerprint density at radius 2 is 2.14 bits per heavy atom. The number of carbonyl (C=O) groups is 1. The van der Waals surface area contributed by atoms with Crippen LogP contribution < -0.4 is 0 Å². The smallest absolute Gasteiger partial charge is 0.337 e. The van der Waals surface area contributed by atoms with Gasteiger partial charge in [-0.1, -0.05) is 11.6 Å². The molecule has 0 fully saturated rings. The molecule has 0 aliphatic rings. The summed E-state index contributed by atoms with van der Waals surface area (Å²) in [5, 5.41) is 5.60. The number of fused-ring (bicyclic) bond motifs is 1. The van der Waals surface area contributed by atoms with E-state index in [1.54, 1.807) is 18.3 Å². The summed E-state index contributed by atoms with van der Waals surface area (Å²) in [5.74, 6) is -0.361. The molecule has 106 valence electrons. The van der Waals surface area contributed by atoms with E-state index in [0.29, 0.717) is 12.1 Å². The number of methoxy groups -OCH3 is 1. The fraction of sp³-hybridized carbons (Fsp3) is 0.188. The first-order valence-corrected chi connectivity index (χ1v) is 6.63. The predicted octanol–water partition coefficient (Wildman–Crippen LogP) is 2.57. The molecule has 0 aliphatic heterocycles. The van der Waals surface area contributed by atoms with Gasteiger partial charge >= 0.3 is 5.97 Å². The lowest BCUT2D eigenvalue weighted by atomic mass is 10.2. The third kappa shape index (κ3) is 2.76. The quantitative estimate of drug-likeness (QED) is 0.692. The van der Waals surface area contributed by atoms with Crippen LogP contribution in [0.4, 0.5) is 0 Å². The van der Waals surface area contributed by atoms with Crippen molar-refractivity contribution < 1.29 is 9.53 Å². The molecule has 0 radical (unpaired) electrons. The van der Waals surface area contributed by atoms with Crippen molar-refractivity contribution in [2.75, 3.05) is 7.11 Å². The molecule has 0 unspecified atom stereocenters. The second kappa shape index (κ2) is 5.36. The first kappa shape index (κ1) is 13.3. The van der Waals surface area contributed by atoms with Crippen LogP contribution in [0.2, 0.25) is 0 Å². The number of hydrogen-bond acceptors (Lipinski definition) is 4. The third-order valence-corrected chi connectivity index (χ3v) is 3.27. The highest BCUT2D eigenvalue weighted by atomic mass is 16.5. The molecule has 0 amide bonds. The normalized spacial score (nSPS) is 10.8. The molecule has 3 rings (SSSR count). The minimum Gasteiger partial charge on any atom is -0.465 e. The molecule has 21 heavy (non-hydrogen) atoms. The molecule has 2 heterocycles. The topological polar surface area (TPSA) is 57.0 Å². The van der Waals surface area contributed by atoms with E-state index in [0.717, 1.165) is 16.6 Å². The Labute approximate surface area is 122 Å². The van der Waals surface area contributed by atoms with E-state index in [-0.39, 0.29) is 5.97 Å². The van der Waals surface area contributed by atoms with Crippen LogP contribution >= 0.6 is 0 Å². The summed E-state index contributed by atoms with van der Waals surface area (Å²) in [7, 11) is 1.37. The van der Waals surface area contributed by atoms with Crippen LogP contribution in [0.25, 0.3) is 10.9 Å². The summed E-state index contributed by atoms with van der Waals surface area (Å²) in [6, 6.07) is 9.49. The maximum Gasteiger partial charge on any atom is 0.337 e. The van der Waals surface area contributed by atoms with Gasteiger partial charge in [0.2, 0.25) is 0 Å². The van der Waals surface area contributed by atoms with Gasteiger partial charge in [-0.25, -0.2) is 4.79 Å². The monoisotopic (exact) mass is 281 g/mol. The van der Waals surface area contributed by atoms with Crippen molar-refractivity contribution in [1.82, 2.24) is 14.8 Å². The van der Waals surface area contributed by atoms with Gasteiger partial charge in [-0.3, -0.25) is 9.67 Å². The van der Waals surface area contributed by atoms with Crippen LogP contribution in [0, 0.1) is 6.92 Å². The van der Waals surface area contributed by atoms with Crippen LogP contribution in [0.15, 0.2) is 42.7 Å². The summed E-state index contributed by atoms with van der Waals surface area (Å²) in [6.07, 6.45) is 3.59. The minimum absolute atomic E-state index is 0.361. The molecule has 0 N–H and O–H groups in total. The minimum atomic E-state index is -0.361. The molecule has 5 nitrogen and oxygen atoms in total. The Hall–Kier alpha value is -2.69.